The van der Waals surface area contributed by atoms with Crippen LogP contribution in [0.4, 0.5) is 5.69 Å². The van der Waals surface area contributed by atoms with Gasteiger partial charge in [0.05, 0.1) is 13.1 Å². The van der Waals surface area contributed by atoms with Crippen LogP contribution in [0.25, 0.3) is 0 Å². The molecule has 0 atom stereocenters. The number of aliphatic imine (C=N–C) groups is 1. The van der Waals surface area contributed by atoms with Gasteiger partial charge in [0.25, 0.3) is 5.91 Å². The Morgan fingerprint density at radius 3 is 2.74 bits per heavy atom. The molecule has 1 fully saturated rings. The third-order valence-corrected chi connectivity index (χ3v) is 4.25. The first kappa shape index (κ1) is 18.4. The lowest BCUT2D eigenvalue weighted by atomic mass is 10.1. The van der Waals surface area contributed by atoms with Crippen molar-refractivity contribution in [3.63, 3.8) is 0 Å². The molecule has 1 aliphatic heterocycles. The summed E-state index contributed by atoms with van der Waals surface area (Å²) in [4.78, 5) is 29.7. The Labute approximate surface area is 158 Å². The molecule has 2 aromatic carbocycles. The average Bonchev–Trinajstić information content (AvgIpc) is 2.66. The van der Waals surface area contributed by atoms with Crippen molar-refractivity contribution in [1.29, 1.82) is 0 Å². The molecule has 7 nitrogen and oxygen atoms in total. The van der Waals surface area contributed by atoms with Crippen LogP contribution in [0.2, 0.25) is 0 Å². The van der Waals surface area contributed by atoms with Gasteiger partial charge in [-0.05, 0) is 42.3 Å². The summed E-state index contributed by atoms with van der Waals surface area (Å²) in [6, 6.07) is 15.1. The lowest BCUT2D eigenvalue weighted by molar-refractivity contribution is -0.123. The van der Waals surface area contributed by atoms with Gasteiger partial charge in [-0.25, -0.2) is 4.99 Å². The minimum absolute atomic E-state index is 0.103. The third kappa shape index (κ3) is 5.07. The zero-order valence-corrected chi connectivity index (χ0v) is 15.2. The van der Waals surface area contributed by atoms with Crippen molar-refractivity contribution < 1.29 is 9.59 Å². The summed E-state index contributed by atoms with van der Waals surface area (Å²) in [6.45, 7) is 3.54. The highest BCUT2D eigenvalue weighted by Gasteiger charge is 2.21. The molecule has 1 heterocycles. The van der Waals surface area contributed by atoms with E-state index in [1.165, 1.54) is 0 Å². The van der Waals surface area contributed by atoms with E-state index in [0.717, 1.165) is 16.8 Å². The van der Waals surface area contributed by atoms with E-state index in [2.05, 4.69) is 15.6 Å². The number of amides is 2. The number of nitrogens with two attached hydrogens (primary N) is 1. The highest BCUT2D eigenvalue weighted by Crippen LogP contribution is 2.11. The Balaban J connectivity index is 1.58. The Kier molecular flexibility index (Phi) is 5.71. The van der Waals surface area contributed by atoms with E-state index in [4.69, 9.17) is 5.73 Å². The van der Waals surface area contributed by atoms with Crippen LogP contribution in [0.3, 0.4) is 0 Å². The average molecular weight is 365 g/mol. The smallest absolute Gasteiger partial charge is 0.254 e. The quantitative estimate of drug-likeness (QED) is 0.565. The van der Waals surface area contributed by atoms with E-state index in [1.807, 2.05) is 43.3 Å². The van der Waals surface area contributed by atoms with Crippen LogP contribution in [0.15, 0.2) is 53.5 Å². The highest BCUT2D eigenvalue weighted by molar-refractivity contribution is 5.97. The van der Waals surface area contributed by atoms with Gasteiger partial charge in [-0.15, -0.1) is 0 Å². The van der Waals surface area contributed by atoms with Crippen LogP contribution in [-0.4, -0.2) is 42.3 Å². The van der Waals surface area contributed by atoms with E-state index in [9.17, 15) is 9.59 Å². The number of nitrogens with one attached hydrogen (secondary N) is 2. The van der Waals surface area contributed by atoms with Gasteiger partial charge in [-0.2, -0.15) is 0 Å². The lowest BCUT2D eigenvalue weighted by Crippen LogP contribution is -2.49. The number of carbonyl (C=O) groups is 2. The fourth-order valence-electron chi connectivity index (χ4n) is 2.83. The Morgan fingerprint density at radius 1 is 1.26 bits per heavy atom. The highest BCUT2D eigenvalue weighted by atomic mass is 16.2. The lowest BCUT2D eigenvalue weighted by Gasteiger charge is -2.26. The molecular weight excluding hydrogens is 342 g/mol. The number of nitrogens with zero attached hydrogens (tertiary/aromatic N) is 2. The van der Waals surface area contributed by atoms with Crippen molar-refractivity contribution in [1.82, 2.24) is 10.2 Å². The predicted octanol–water partition coefficient (Wildman–Crippen LogP) is 1.49. The first-order valence-electron chi connectivity index (χ1n) is 8.80. The van der Waals surface area contributed by atoms with Gasteiger partial charge in [0.2, 0.25) is 5.91 Å². The first-order chi connectivity index (χ1) is 13.0. The molecule has 0 radical (unpaired) electrons. The fourth-order valence-corrected chi connectivity index (χ4v) is 2.83. The maximum absolute atomic E-state index is 12.4. The molecule has 140 valence electrons. The topological polar surface area (TPSA) is 99.8 Å². The Bertz CT molecular complexity index is 861. The normalized spacial score (nSPS) is 14.6. The second kappa shape index (κ2) is 8.35. The fraction of sp³-hybridized carbons (Fsp3) is 0.250. The second-order valence-corrected chi connectivity index (χ2v) is 6.47. The minimum atomic E-state index is -0.138. The van der Waals surface area contributed by atoms with Crippen LogP contribution in [0.5, 0.6) is 0 Å². The molecule has 7 heteroatoms. The van der Waals surface area contributed by atoms with Crippen LogP contribution >= 0.6 is 0 Å². The van der Waals surface area contributed by atoms with Crippen molar-refractivity contribution in [2.75, 3.05) is 25.0 Å². The summed E-state index contributed by atoms with van der Waals surface area (Å²) in [7, 11) is 0. The monoisotopic (exact) mass is 365 g/mol. The number of aryl methyl sites for hydroxylation is 1. The molecule has 1 aliphatic rings. The van der Waals surface area contributed by atoms with Gasteiger partial charge >= 0.3 is 0 Å². The first-order valence-corrected chi connectivity index (χ1v) is 8.80. The minimum Gasteiger partial charge on any atom is -0.370 e. The summed E-state index contributed by atoms with van der Waals surface area (Å²) >= 11 is 0. The van der Waals surface area contributed by atoms with Crippen molar-refractivity contribution in [3.05, 3.63) is 65.2 Å². The Morgan fingerprint density at radius 2 is 2.04 bits per heavy atom. The van der Waals surface area contributed by atoms with Crippen LogP contribution in [-0.2, 0) is 11.3 Å². The molecule has 2 amide bonds. The second-order valence-electron chi connectivity index (χ2n) is 6.47. The zero-order valence-electron chi connectivity index (χ0n) is 15.2. The van der Waals surface area contributed by atoms with Gasteiger partial charge in [-0.3, -0.25) is 9.59 Å². The van der Waals surface area contributed by atoms with E-state index < -0.39 is 0 Å². The summed E-state index contributed by atoms with van der Waals surface area (Å²) < 4.78 is 0. The van der Waals surface area contributed by atoms with E-state index in [-0.39, 0.29) is 18.4 Å². The molecule has 2 aromatic rings. The van der Waals surface area contributed by atoms with Crippen LogP contribution in [0.1, 0.15) is 21.5 Å². The molecular formula is C20H23N5O2. The van der Waals surface area contributed by atoms with Crippen molar-refractivity contribution >= 4 is 23.5 Å². The number of rotatable bonds is 4. The van der Waals surface area contributed by atoms with Gasteiger partial charge in [0, 0.05) is 24.3 Å². The standard InChI is InChI=1S/C20H23N5O2/c1-14-3-2-4-17(11-14)24-20(21)23-12-15-5-7-16(8-6-15)19(27)25-10-9-22-18(26)13-25/h2-8,11H,9-10,12-13H2,1H3,(H,22,26)(H3,21,23,24). The molecule has 0 saturated carbocycles. The summed E-state index contributed by atoms with van der Waals surface area (Å²) in [5.41, 5.74) is 9.46. The largest absolute Gasteiger partial charge is 0.370 e. The van der Waals surface area contributed by atoms with Crippen molar-refractivity contribution in [3.8, 4) is 0 Å². The molecule has 0 unspecified atom stereocenters. The van der Waals surface area contributed by atoms with Gasteiger partial charge < -0.3 is 21.3 Å². The SMILES string of the molecule is Cc1cccc(NC(N)=NCc2ccc(C(=O)N3CCNC(=O)C3)cc2)c1. The number of anilines is 1. The van der Waals surface area contributed by atoms with E-state index in [0.29, 0.717) is 31.2 Å². The number of hydrogen-bond donors (Lipinski definition) is 3. The predicted molar refractivity (Wildman–Crippen MR) is 105 cm³/mol. The van der Waals surface area contributed by atoms with Crippen LogP contribution < -0.4 is 16.4 Å². The molecule has 0 bridgehead atoms. The number of benzene rings is 2. The number of piperazine rings is 1. The van der Waals surface area contributed by atoms with E-state index in [1.54, 1.807) is 17.0 Å². The molecule has 0 aliphatic carbocycles. The van der Waals surface area contributed by atoms with Crippen molar-refractivity contribution in [2.24, 2.45) is 10.7 Å². The van der Waals surface area contributed by atoms with E-state index >= 15 is 0 Å². The third-order valence-electron chi connectivity index (χ3n) is 4.25. The molecule has 3 rings (SSSR count). The molecule has 4 N–H and O–H groups in total. The summed E-state index contributed by atoms with van der Waals surface area (Å²) in [6.07, 6.45) is 0. The zero-order chi connectivity index (χ0) is 19.2. The van der Waals surface area contributed by atoms with Crippen molar-refractivity contribution in [2.45, 2.75) is 13.5 Å². The van der Waals surface area contributed by atoms with Gasteiger partial charge in [-0.1, -0.05) is 24.3 Å². The number of hydrogen-bond acceptors (Lipinski definition) is 3. The number of guanidine groups is 1. The van der Waals surface area contributed by atoms with Crippen LogP contribution in [0, 0.1) is 6.92 Å². The summed E-state index contributed by atoms with van der Waals surface area (Å²) in [5.74, 6) is 0.0674. The molecule has 0 aromatic heterocycles. The molecule has 1 saturated heterocycles. The Hall–Kier alpha value is -3.35. The molecule has 0 spiro atoms. The maximum atomic E-state index is 12.4. The molecule has 27 heavy (non-hydrogen) atoms. The van der Waals surface area contributed by atoms with Gasteiger partial charge in [0.15, 0.2) is 5.96 Å². The maximum Gasteiger partial charge on any atom is 0.254 e. The summed E-state index contributed by atoms with van der Waals surface area (Å²) in [5, 5.41) is 5.77. The van der Waals surface area contributed by atoms with Gasteiger partial charge in [0.1, 0.15) is 0 Å². The number of carbonyl (C=O) groups excluding carboxylic acids is 2.